The first kappa shape index (κ1) is 12.4. The SMILES string of the molecule is CCCC(N)C(=O)Nc1ccc(O)c(F)c1. The fraction of sp³-hybridized carbons (Fsp3) is 0.364. The first-order valence-corrected chi connectivity index (χ1v) is 5.09. The Kier molecular flexibility index (Phi) is 4.25. The monoisotopic (exact) mass is 226 g/mol. The number of nitrogens with one attached hydrogen (secondary N) is 1. The zero-order valence-corrected chi connectivity index (χ0v) is 9.03. The summed E-state index contributed by atoms with van der Waals surface area (Å²) in [4.78, 5) is 11.5. The van der Waals surface area contributed by atoms with E-state index < -0.39 is 17.6 Å². The van der Waals surface area contributed by atoms with Gasteiger partial charge in [-0.15, -0.1) is 0 Å². The van der Waals surface area contributed by atoms with Gasteiger partial charge in [0.05, 0.1) is 6.04 Å². The summed E-state index contributed by atoms with van der Waals surface area (Å²) in [5, 5.41) is 11.4. The molecule has 1 atom stereocenters. The van der Waals surface area contributed by atoms with Crippen LogP contribution in [0.4, 0.5) is 10.1 Å². The van der Waals surface area contributed by atoms with Crippen molar-refractivity contribution in [1.82, 2.24) is 0 Å². The first-order chi connectivity index (χ1) is 7.54. The number of phenolic OH excluding ortho intramolecular Hbond substituents is 1. The molecule has 1 aromatic rings. The number of rotatable bonds is 4. The van der Waals surface area contributed by atoms with Gasteiger partial charge in [-0.2, -0.15) is 0 Å². The van der Waals surface area contributed by atoms with Crippen LogP contribution in [0, 0.1) is 5.82 Å². The van der Waals surface area contributed by atoms with Crippen molar-refractivity contribution in [3.8, 4) is 5.75 Å². The second kappa shape index (κ2) is 5.46. The topological polar surface area (TPSA) is 75.4 Å². The highest BCUT2D eigenvalue weighted by Gasteiger charge is 2.12. The number of hydrogen-bond donors (Lipinski definition) is 3. The maximum absolute atomic E-state index is 12.9. The number of benzene rings is 1. The second-order valence-corrected chi connectivity index (χ2v) is 3.55. The van der Waals surface area contributed by atoms with Crippen LogP contribution in [-0.2, 0) is 4.79 Å². The van der Waals surface area contributed by atoms with Crippen LogP contribution in [0.15, 0.2) is 18.2 Å². The molecule has 1 aromatic carbocycles. The lowest BCUT2D eigenvalue weighted by atomic mass is 10.1. The van der Waals surface area contributed by atoms with E-state index in [1.54, 1.807) is 0 Å². The lowest BCUT2D eigenvalue weighted by Crippen LogP contribution is -2.35. The minimum absolute atomic E-state index is 0.284. The number of anilines is 1. The fourth-order valence-electron chi connectivity index (χ4n) is 1.26. The predicted molar refractivity (Wildman–Crippen MR) is 59.6 cm³/mol. The van der Waals surface area contributed by atoms with E-state index in [0.29, 0.717) is 6.42 Å². The maximum Gasteiger partial charge on any atom is 0.241 e. The van der Waals surface area contributed by atoms with Crippen molar-refractivity contribution in [1.29, 1.82) is 0 Å². The number of carbonyl (C=O) groups is 1. The number of nitrogens with two attached hydrogens (primary N) is 1. The minimum atomic E-state index is -0.776. The molecule has 0 fully saturated rings. The average Bonchev–Trinajstić information content (AvgIpc) is 2.24. The highest BCUT2D eigenvalue weighted by atomic mass is 19.1. The van der Waals surface area contributed by atoms with E-state index in [-0.39, 0.29) is 11.6 Å². The molecule has 0 aliphatic heterocycles. The van der Waals surface area contributed by atoms with Crippen molar-refractivity contribution in [2.24, 2.45) is 5.73 Å². The van der Waals surface area contributed by atoms with Crippen LogP contribution in [-0.4, -0.2) is 17.1 Å². The van der Waals surface area contributed by atoms with E-state index in [2.05, 4.69) is 5.32 Å². The minimum Gasteiger partial charge on any atom is -0.505 e. The first-order valence-electron chi connectivity index (χ1n) is 5.09. The predicted octanol–water partition coefficient (Wildman–Crippen LogP) is 1.60. The molecule has 0 saturated carbocycles. The number of hydrogen-bond acceptors (Lipinski definition) is 3. The van der Waals surface area contributed by atoms with Crippen molar-refractivity contribution in [2.45, 2.75) is 25.8 Å². The number of phenols is 1. The Morgan fingerprint density at radius 3 is 2.88 bits per heavy atom. The maximum atomic E-state index is 12.9. The van der Waals surface area contributed by atoms with Gasteiger partial charge < -0.3 is 16.2 Å². The highest BCUT2D eigenvalue weighted by Crippen LogP contribution is 2.19. The molecule has 4 nitrogen and oxygen atoms in total. The van der Waals surface area contributed by atoms with Gasteiger partial charge in [0, 0.05) is 11.8 Å². The summed E-state index contributed by atoms with van der Waals surface area (Å²) in [6.45, 7) is 1.92. The van der Waals surface area contributed by atoms with Gasteiger partial charge in [0.1, 0.15) is 0 Å². The molecular weight excluding hydrogens is 211 g/mol. The molecule has 1 unspecified atom stereocenters. The number of aromatic hydroxyl groups is 1. The lowest BCUT2D eigenvalue weighted by Gasteiger charge is -2.11. The third-order valence-corrected chi connectivity index (χ3v) is 2.15. The smallest absolute Gasteiger partial charge is 0.241 e. The molecule has 0 bridgehead atoms. The van der Waals surface area contributed by atoms with Gasteiger partial charge in [-0.05, 0) is 18.6 Å². The molecular formula is C11H15FN2O2. The Morgan fingerprint density at radius 1 is 1.62 bits per heavy atom. The summed E-state index contributed by atoms with van der Waals surface area (Å²) in [6.07, 6.45) is 1.38. The Morgan fingerprint density at radius 2 is 2.31 bits per heavy atom. The highest BCUT2D eigenvalue weighted by molar-refractivity contribution is 5.94. The third kappa shape index (κ3) is 3.20. The number of halogens is 1. The van der Waals surface area contributed by atoms with E-state index >= 15 is 0 Å². The summed E-state index contributed by atoms with van der Waals surface area (Å²) < 4.78 is 12.9. The van der Waals surface area contributed by atoms with E-state index in [9.17, 15) is 9.18 Å². The molecule has 0 saturated heterocycles. The van der Waals surface area contributed by atoms with Gasteiger partial charge in [-0.25, -0.2) is 4.39 Å². The lowest BCUT2D eigenvalue weighted by molar-refractivity contribution is -0.117. The summed E-state index contributed by atoms with van der Waals surface area (Å²) in [6, 6.07) is 3.04. The van der Waals surface area contributed by atoms with Crippen LogP contribution in [0.3, 0.4) is 0 Å². The molecule has 0 spiro atoms. The van der Waals surface area contributed by atoms with Crippen molar-refractivity contribution in [3.05, 3.63) is 24.0 Å². The summed E-state index contributed by atoms with van der Waals surface area (Å²) in [7, 11) is 0. The van der Waals surface area contributed by atoms with Gasteiger partial charge in [0.2, 0.25) is 5.91 Å². The molecule has 0 heterocycles. The normalized spacial score (nSPS) is 12.2. The number of carbonyl (C=O) groups excluding carboxylic acids is 1. The van der Waals surface area contributed by atoms with Crippen molar-refractivity contribution >= 4 is 11.6 Å². The Hall–Kier alpha value is -1.62. The average molecular weight is 226 g/mol. The summed E-state index contributed by atoms with van der Waals surface area (Å²) >= 11 is 0. The van der Waals surface area contributed by atoms with Gasteiger partial charge in [-0.3, -0.25) is 4.79 Å². The second-order valence-electron chi connectivity index (χ2n) is 3.55. The summed E-state index contributed by atoms with van der Waals surface area (Å²) in [5.41, 5.74) is 5.87. The zero-order valence-electron chi connectivity index (χ0n) is 9.03. The fourth-order valence-corrected chi connectivity index (χ4v) is 1.26. The molecule has 0 aliphatic rings. The van der Waals surface area contributed by atoms with Crippen molar-refractivity contribution in [2.75, 3.05) is 5.32 Å². The van der Waals surface area contributed by atoms with Gasteiger partial charge in [0.25, 0.3) is 0 Å². The van der Waals surface area contributed by atoms with Crippen molar-refractivity contribution in [3.63, 3.8) is 0 Å². The largest absolute Gasteiger partial charge is 0.505 e. The number of amides is 1. The van der Waals surface area contributed by atoms with E-state index in [1.165, 1.54) is 12.1 Å². The van der Waals surface area contributed by atoms with Gasteiger partial charge >= 0.3 is 0 Å². The van der Waals surface area contributed by atoms with Crippen LogP contribution in [0.2, 0.25) is 0 Å². The standard InChI is InChI=1S/C11H15FN2O2/c1-2-3-9(13)11(16)14-7-4-5-10(15)8(12)6-7/h4-6,9,15H,2-3,13H2,1H3,(H,14,16). The van der Waals surface area contributed by atoms with E-state index in [1.807, 2.05) is 6.92 Å². The van der Waals surface area contributed by atoms with Crippen LogP contribution in [0.1, 0.15) is 19.8 Å². The Labute approximate surface area is 93.3 Å². The molecule has 0 aromatic heterocycles. The molecule has 16 heavy (non-hydrogen) atoms. The summed E-state index contributed by atoms with van der Waals surface area (Å²) in [5.74, 6) is -1.58. The third-order valence-electron chi connectivity index (χ3n) is 2.15. The Bertz CT molecular complexity index is 382. The van der Waals surface area contributed by atoms with Crippen molar-refractivity contribution < 1.29 is 14.3 Å². The molecule has 1 amide bonds. The molecule has 1 rings (SSSR count). The molecule has 88 valence electrons. The zero-order chi connectivity index (χ0) is 12.1. The van der Waals surface area contributed by atoms with Gasteiger partial charge in [0.15, 0.2) is 11.6 Å². The molecule has 4 N–H and O–H groups in total. The van der Waals surface area contributed by atoms with Crippen LogP contribution in [0.5, 0.6) is 5.75 Å². The van der Waals surface area contributed by atoms with Crippen LogP contribution in [0.25, 0.3) is 0 Å². The molecule has 0 aliphatic carbocycles. The quantitative estimate of drug-likeness (QED) is 0.682. The van der Waals surface area contributed by atoms with Gasteiger partial charge in [-0.1, -0.05) is 13.3 Å². The van der Waals surface area contributed by atoms with E-state index in [0.717, 1.165) is 12.5 Å². The van der Waals surface area contributed by atoms with Crippen LogP contribution < -0.4 is 11.1 Å². The van der Waals surface area contributed by atoms with Crippen LogP contribution >= 0.6 is 0 Å². The Balaban J connectivity index is 2.66. The van der Waals surface area contributed by atoms with E-state index in [4.69, 9.17) is 10.8 Å². The molecule has 5 heteroatoms. The molecule has 0 radical (unpaired) electrons.